The highest BCUT2D eigenvalue weighted by molar-refractivity contribution is 5.46. The van der Waals surface area contributed by atoms with Crippen molar-refractivity contribution >= 4 is 0 Å². The third kappa shape index (κ3) is 8.49. The SMILES string of the molecule is C/C(=C/CC/C(C)=C/Cc1cc(O)c(C)cc1O[C@@H]1O[C@H](CO)[C@@H](O)[C@H](O)[C@H]1O)CO[C@@H]1O[C@H](CO)[C@@H](O)[C@H](O)[C@H]1O. The second kappa shape index (κ2) is 15.5. The second-order valence-electron chi connectivity index (χ2n) is 10.9. The van der Waals surface area contributed by atoms with Crippen molar-refractivity contribution in [3.8, 4) is 11.5 Å². The van der Waals surface area contributed by atoms with E-state index in [1.165, 1.54) is 0 Å². The summed E-state index contributed by atoms with van der Waals surface area (Å²) in [6.07, 6.45) is -8.14. The van der Waals surface area contributed by atoms with Crippen LogP contribution in [0.25, 0.3) is 0 Å². The molecule has 0 unspecified atom stereocenters. The maximum absolute atomic E-state index is 10.4. The molecule has 3 rings (SSSR count). The first-order valence-corrected chi connectivity index (χ1v) is 13.9. The molecular weight excluding hydrogens is 556 g/mol. The molecule has 13 nitrogen and oxygen atoms in total. The van der Waals surface area contributed by atoms with Crippen LogP contribution in [0.4, 0.5) is 0 Å². The van der Waals surface area contributed by atoms with Crippen molar-refractivity contribution in [2.75, 3.05) is 19.8 Å². The van der Waals surface area contributed by atoms with Gasteiger partial charge in [0.2, 0.25) is 6.29 Å². The molecule has 0 bridgehead atoms. The van der Waals surface area contributed by atoms with E-state index < -0.39 is 74.6 Å². The van der Waals surface area contributed by atoms with Gasteiger partial charge in [-0.1, -0.05) is 23.3 Å². The van der Waals surface area contributed by atoms with E-state index in [1.54, 1.807) is 19.1 Å². The van der Waals surface area contributed by atoms with Gasteiger partial charge in [-0.15, -0.1) is 0 Å². The van der Waals surface area contributed by atoms with Gasteiger partial charge in [0.05, 0.1) is 19.8 Å². The number of aliphatic hydroxyl groups excluding tert-OH is 8. The molecule has 1 aromatic carbocycles. The summed E-state index contributed by atoms with van der Waals surface area (Å²) in [5.74, 6) is 0.356. The van der Waals surface area contributed by atoms with Crippen molar-refractivity contribution in [2.24, 2.45) is 0 Å². The Bertz CT molecular complexity index is 1070. The van der Waals surface area contributed by atoms with Crippen molar-refractivity contribution in [1.29, 1.82) is 0 Å². The normalized spacial score (nSPS) is 34.5. The minimum atomic E-state index is -1.58. The average Bonchev–Trinajstić information content (AvgIpc) is 2.96. The molecule has 10 atom stereocenters. The smallest absolute Gasteiger partial charge is 0.229 e. The molecule has 0 aromatic heterocycles. The van der Waals surface area contributed by atoms with Crippen LogP contribution in [0.2, 0.25) is 0 Å². The molecule has 2 heterocycles. The van der Waals surface area contributed by atoms with Gasteiger partial charge in [-0.3, -0.25) is 0 Å². The Labute approximate surface area is 244 Å². The highest BCUT2D eigenvalue weighted by atomic mass is 16.7. The molecule has 2 aliphatic heterocycles. The van der Waals surface area contributed by atoms with Crippen molar-refractivity contribution in [2.45, 2.75) is 101 Å². The lowest BCUT2D eigenvalue weighted by Gasteiger charge is -2.39. The molecule has 42 heavy (non-hydrogen) atoms. The Balaban J connectivity index is 1.57. The summed E-state index contributed by atoms with van der Waals surface area (Å²) in [6.45, 7) is 4.44. The summed E-state index contributed by atoms with van der Waals surface area (Å²) in [6, 6.07) is 3.12. The third-order valence-electron chi connectivity index (χ3n) is 7.50. The average molecular weight is 601 g/mol. The third-order valence-corrected chi connectivity index (χ3v) is 7.50. The molecular formula is C29H44O13. The van der Waals surface area contributed by atoms with Crippen molar-refractivity contribution < 1.29 is 64.9 Å². The maximum atomic E-state index is 10.4. The van der Waals surface area contributed by atoms with Crippen LogP contribution >= 0.6 is 0 Å². The molecule has 2 fully saturated rings. The van der Waals surface area contributed by atoms with Gasteiger partial charge < -0.3 is 64.9 Å². The van der Waals surface area contributed by atoms with E-state index in [1.807, 2.05) is 26.0 Å². The zero-order valence-electron chi connectivity index (χ0n) is 24.0. The number of allylic oxidation sites excluding steroid dienone is 3. The van der Waals surface area contributed by atoms with Crippen molar-refractivity contribution in [3.63, 3.8) is 0 Å². The van der Waals surface area contributed by atoms with Crippen LogP contribution in [0.15, 0.2) is 35.4 Å². The van der Waals surface area contributed by atoms with Crippen molar-refractivity contribution in [3.05, 3.63) is 46.6 Å². The van der Waals surface area contributed by atoms with Crippen LogP contribution in [0.5, 0.6) is 11.5 Å². The van der Waals surface area contributed by atoms with E-state index >= 15 is 0 Å². The first-order valence-electron chi connectivity index (χ1n) is 13.9. The summed E-state index contributed by atoms with van der Waals surface area (Å²) in [4.78, 5) is 0. The summed E-state index contributed by atoms with van der Waals surface area (Å²) < 4.78 is 22.2. The Morgan fingerprint density at radius 1 is 0.786 bits per heavy atom. The number of ether oxygens (including phenoxy) is 4. The van der Waals surface area contributed by atoms with Crippen LogP contribution in [0.3, 0.4) is 0 Å². The van der Waals surface area contributed by atoms with Crippen molar-refractivity contribution in [1.82, 2.24) is 0 Å². The zero-order chi connectivity index (χ0) is 31.1. The van der Waals surface area contributed by atoms with Crippen LogP contribution in [0, 0.1) is 6.92 Å². The molecule has 1 aromatic rings. The number of aliphatic hydroxyl groups is 8. The van der Waals surface area contributed by atoms with Gasteiger partial charge in [-0.25, -0.2) is 0 Å². The highest BCUT2D eigenvalue weighted by Crippen LogP contribution is 2.32. The number of benzene rings is 1. The van der Waals surface area contributed by atoms with E-state index in [4.69, 9.17) is 18.9 Å². The molecule has 13 heteroatoms. The number of phenols is 1. The largest absolute Gasteiger partial charge is 0.508 e. The van der Waals surface area contributed by atoms with Gasteiger partial charge in [0.1, 0.15) is 60.3 Å². The molecule has 0 saturated carbocycles. The number of hydrogen-bond donors (Lipinski definition) is 9. The van der Waals surface area contributed by atoms with Crippen LogP contribution < -0.4 is 4.74 Å². The minimum Gasteiger partial charge on any atom is -0.508 e. The van der Waals surface area contributed by atoms with Gasteiger partial charge in [0.15, 0.2) is 6.29 Å². The van der Waals surface area contributed by atoms with Gasteiger partial charge in [0, 0.05) is 5.56 Å². The van der Waals surface area contributed by atoms with Gasteiger partial charge in [0.25, 0.3) is 0 Å². The molecule has 238 valence electrons. The first kappa shape index (κ1) is 34.4. The summed E-state index contributed by atoms with van der Waals surface area (Å²) in [5.41, 5.74) is 2.99. The Morgan fingerprint density at radius 3 is 1.95 bits per heavy atom. The molecule has 0 amide bonds. The molecule has 0 radical (unpaired) electrons. The lowest BCUT2D eigenvalue weighted by atomic mass is 9.99. The van der Waals surface area contributed by atoms with Crippen LogP contribution in [-0.2, 0) is 20.6 Å². The lowest BCUT2D eigenvalue weighted by molar-refractivity contribution is -0.299. The van der Waals surface area contributed by atoms with Gasteiger partial charge in [-0.05, 0) is 57.7 Å². The number of aromatic hydroxyl groups is 1. The number of rotatable bonds is 12. The van der Waals surface area contributed by atoms with Gasteiger partial charge in [-0.2, -0.15) is 0 Å². The lowest BCUT2D eigenvalue weighted by Crippen LogP contribution is -2.60. The quantitative estimate of drug-likeness (QED) is 0.130. The second-order valence-corrected chi connectivity index (χ2v) is 10.9. The summed E-state index contributed by atoms with van der Waals surface area (Å²) in [7, 11) is 0. The predicted octanol–water partition coefficient (Wildman–Crippen LogP) is -1.09. The maximum Gasteiger partial charge on any atom is 0.229 e. The van der Waals surface area contributed by atoms with E-state index in [9.17, 15) is 46.0 Å². The Kier molecular flexibility index (Phi) is 12.7. The fraction of sp³-hybridized carbons (Fsp3) is 0.655. The number of phenolic OH excluding ortho intramolecular Hbond substituents is 1. The Morgan fingerprint density at radius 2 is 1.36 bits per heavy atom. The fourth-order valence-electron chi connectivity index (χ4n) is 4.68. The predicted molar refractivity (Wildman–Crippen MR) is 147 cm³/mol. The molecule has 2 aliphatic rings. The number of hydrogen-bond acceptors (Lipinski definition) is 13. The van der Waals surface area contributed by atoms with Gasteiger partial charge >= 0.3 is 0 Å². The molecule has 9 N–H and O–H groups in total. The Hall–Kier alpha value is -2.14. The first-order chi connectivity index (χ1) is 19.9. The highest BCUT2D eigenvalue weighted by Gasteiger charge is 2.45. The summed E-state index contributed by atoms with van der Waals surface area (Å²) in [5, 5.41) is 89.3. The topological polar surface area (TPSA) is 219 Å². The van der Waals surface area contributed by atoms with Crippen LogP contribution in [0.1, 0.15) is 37.8 Å². The monoisotopic (exact) mass is 600 g/mol. The fourth-order valence-corrected chi connectivity index (χ4v) is 4.68. The summed E-state index contributed by atoms with van der Waals surface area (Å²) >= 11 is 0. The van der Waals surface area contributed by atoms with E-state index in [0.29, 0.717) is 36.1 Å². The molecule has 0 spiro atoms. The van der Waals surface area contributed by atoms with E-state index in [2.05, 4.69) is 0 Å². The number of aryl methyl sites for hydroxylation is 1. The molecule has 0 aliphatic carbocycles. The standard InChI is InChI=1S/C29H44O13/c1-14(5-4-6-15(2)13-39-28-26(37)24(35)22(33)20(11-30)41-28)7-8-17-10-18(32)16(3)9-19(17)40-29-27(38)25(36)23(34)21(12-31)42-29/h6-7,9-10,20-38H,4-5,8,11-13H2,1-3H3/b14-7+,15-6-/t20-,21-,22-,23-,24+,25+,26-,27-,28-,29-/m1/s1. The minimum absolute atomic E-state index is 0.0511. The zero-order valence-corrected chi connectivity index (χ0v) is 24.0. The molecule has 2 saturated heterocycles. The van der Waals surface area contributed by atoms with E-state index in [-0.39, 0.29) is 12.4 Å². The van der Waals surface area contributed by atoms with Crippen LogP contribution in [-0.4, -0.2) is 127 Å². The van der Waals surface area contributed by atoms with E-state index in [0.717, 1.165) is 11.1 Å².